The molecule has 1 unspecified atom stereocenters. The molecule has 0 saturated carbocycles. The van der Waals surface area contributed by atoms with E-state index >= 15 is 0 Å². The molecule has 0 aliphatic carbocycles. The zero-order valence-corrected chi connectivity index (χ0v) is 13.6. The fraction of sp³-hybridized carbons (Fsp3) is 0.143. The van der Waals surface area contributed by atoms with Crippen LogP contribution < -0.4 is 0 Å². The lowest BCUT2D eigenvalue weighted by Gasteiger charge is -2.12. The van der Waals surface area contributed by atoms with Crippen LogP contribution in [0.5, 0.6) is 0 Å². The summed E-state index contributed by atoms with van der Waals surface area (Å²) >= 11 is 12.6. The number of hydrogen-bond donors (Lipinski definition) is 0. The molecule has 0 N–H and O–H groups in total. The molecule has 0 saturated heterocycles. The zero-order valence-electron chi connectivity index (χ0n) is 9.64. The maximum absolute atomic E-state index is 13.9. The second-order valence-corrected chi connectivity index (χ2v) is 6.46. The summed E-state index contributed by atoms with van der Waals surface area (Å²) in [5.74, 6) is -0.652. The van der Waals surface area contributed by atoms with Gasteiger partial charge in [0.1, 0.15) is 11.6 Å². The molecule has 0 heterocycles. The highest BCUT2D eigenvalue weighted by molar-refractivity contribution is 9.10. The first-order valence-corrected chi connectivity index (χ1v) is 7.59. The quantitative estimate of drug-likeness (QED) is 0.426. The van der Waals surface area contributed by atoms with Crippen LogP contribution >= 0.6 is 43.5 Å². The lowest BCUT2D eigenvalue weighted by molar-refractivity contribution is 0.606. The van der Waals surface area contributed by atoms with Crippen molar-refractivity contribution in [3.05, 3.63) is 68.7 Å². The van der Waals surface area contributed by atoms with Crippen molar-refractivity contribution in [3.8, 4) is 0 Å². The van der Waals surface area contributed by atoms with Crippen molar-refractivity contribution in [1.82, 2.24) is 0 Å². The summed E-state index contributed by atoms with van der Waals surface area (Å²) in [6.45, 7) is 0. The second-order valence-electron chi connectivity index (χ2n) is 4.09. The van der Waals surface area contributed by atoms with Gasteiger partial charge in [-0.05, 0) is 52.2 Å². The Morgan fingerprint density at radius 2 is 1.89 bits per heavy atom. The number of halogens is 5. The summed E-state index contributed by atoms with van der Waals surface area (Å²) in [5.41, 5.74) is 1.25. The Kier molecular flexibility index (Phi) is 4.98. The summed E-state index contributed by atoms with van der Waals surface area (Å²) in [6.07, 6.45) is 0.479. The SMILES string of the molecule is Fc1cccc(CC(Br)c2cc(Cl)c(Br)cc2F)c1. The van der Waals surface area contributed by atoms with E-state index in [4.69, 9.17) is 11.6 Å². The van der Waals surface area contributed by atoms with Crippen LogP contribution in [0, 0.1) is 11.6 Å². The predicted octanol–water partition coefficient (Wildman–Crippen LogP) is 6.06. The van der Waals surface area contributed by atoms with Crippen LogP contribution in [-0.4, -0.2) is 0 Å². The molecule has 0 nitrogen and oxygen atoms in total. The Bertz CT molecular complexity index is 602. The number of alkyl halides is 1. The van der Waals surface area contributed by atoms with Gasteiger partial charge in [-0.1, -0.05) is 39.7 Å². The largest absolute Gasteiger partial charge is 0.207 e. The average Bonchev–Trinajstić information content (AvgIpc) is 2.33. The van der Waals surface area contributed by atoms with Crippen molar-refractivity contribution in [1.29, 1.82) is 0 Å². The van der Waals surface area contributed by atoms with Crippen LogP contribution in [0.15, 0.2) is 40.9 Å². The van der Waals surface area contributed by atoms with Crippen molar-refractivity contribution in [2.75, 3.05) is 0 Å². The summed E-state index contributed by atoms with van der Waals surface area (Å²) in [4.78, 5) is -0.264. The zero-order chi connectivity index (χ0) is 14.0. The molecule has 0 aliphatic rings. The maximum Gasteiger partial charge on any atom is 0.128 e. The number of benzene rings is 2. The molecule has 2 aromatic carbocycles. The van der Waals surface area contributed by atoms with Crippen molar-refractivity contribution in [3.63, 3.8) is 0 Å². The van der Waals surface area contributed by atoms with Gasteiger partial charge in [-0.3, -0.25) is 0 Å². The van der Waals surface area contributed by atoms with E-state index in [2.05, 4.69) is 31.9 Å². The van der Waals surface area contributed by atoms with Crippen LogP contribution in [0.25, 0.3) is 0 Å². The van der Waals surface area contributed by atoms with Gasteiger partial charge < -0.3 is 0 Å². The van der Waals surface area contributed by atoms with Gasteiger partial charge >= 0.3 is 0 Å². The topological polar surface area (TPSA) is 0 Å². The normalized spacial score (nSPS) is 12.5. The highest BCUT2D eigenvalue weighted by atomic mass is 79.9. The van der Waals surface area contributed by atoms with Gasteiger partial charge in [-0.2, -0.15) is 0 Å². The van der Waals surface area contributed by atoms with Gasteiger partial charge in [0.15, 0.2) is 0 Å². The molecule has 19 heavy (non-hydrogen) atoms. The minimum atomic E-state index is -0.352. The fourth-order valence-electron chi connectivity index (χ4n) is 1.76. The first-order valence-electron chi connectivity index (χ1n) is 5.50. The maximum atomic E-state index is 13.9. The highest BCUT2D eigenvalue weighted by Gasteiger charge is 2.16. The Morgan fingerprint density at radius 1 is 1.16 bits per heavy atom. The van der Waals surface area contributed by atoms with Gasteiger partial charge in [-0.15, -0.1) is 0 Å². The molecule has 100 valence electrons. The van der Waals surface area contributed by atoms with E-state index in [9.17, 15) is 8.78 Å². The van der Waals surface area contributed by atoms with E-state index in [0.717, 1.165) is 5.56 Å². The van der Waals surface area contributed by atoms with Crippen LogP contribution in [0.1, 0.15) is 16.0 Å². The van der Waals surface area contributed by atoms with Gasteiger partial charge in [0, 0.05) is 14.9 Å². The van der Waals surface area contributed by atoms with Crippen molar-refractivity contribution in [2.24, 2.45) is 0 Å². The van der Waals surface area contributed by atoms with E-state index in [1.165, 1.54) is 18.2 Å². The molecule has 5 heteroatoms. The highest BCUT2D eigenvalue weighted by Crippen LogP contribution is 2.34. The molecule has 1 atom stereocenters. The monoisotopic (exact) mass is 408 g/mol. The molecule has 2 aromatic rings. The first kappa shape index (κ1) is 14.9. The van der Waals surface area contributed by atoms with Crippen molar-refractivity contribution in [2.45, 2.75) is 11.2 Å². The summed E-state index contributed by atoms with van der Waals surface area (Å²) in [6, 6.07) is 9.15. The Morgan fingerprint density at radius 3 is 2.58 bits per heavy atom. The molecular weight excluding hydrogens is 401 g/mol. The van der Waals surface area contributed by atoms with E-state index in [0.29, 0.717) is 21.5 Å². The molecule has 2 rings (SSSR count). The van der Waals surface area contributed by atoms with Crippen LogP contribution in [-0.2, 0) is 6.42 Å². The Balaban J connectivity index is 2.25. The van der Waals surface area contributed by atoms with Gasteiger partial charge in [-0.25, -0.2) is 8.78 Å². The third kappa shape index (κ3) is 3.77. The number of hydrogen-bond acceptors (Lipinski definition) is 0. The Hall–Kier alpha value is -0.450. The van der Waals surface area contributed by atoms with E-state index in [-0.39, 0.29) is 16.5 Å². The standard InChI is InChI=1S/C14H9Br2ClF2/c15-11(5-8-2-1-3-9(18)4-8)10-6-13(17)12(16)7-14(10)19/h1-4,6-7,11H,5H2. The minimum absolute atomic E-state index is 0.264. The average molecular weight is 410 g/mol. The molecule has 0 aromatic heterocycles. The molecule has 0 bridgehead atoms. The van der Waals surface area contributed by atoms with Gasteiger partial charge in [0.05, 0.1) is 5.02 Å². The third-order valence-electron chi connectivity index (χ3n) is 2.68. The minimum Gasteiger partial charge on any atom is -0.207 e. The molecule has 0 fully saturated rings. The van der Waals surface area contributed by atoms with Crippen LogP contribution in [0.2, 0.25) is 5.02 Å². The van der Waals surface area contributed by atoms with E-state index in [1.54, 1.807) is 18.2 Å². The Labute approximate surface area is 132 Å². The van der Waals surface area contributed by atoms with Gasteiger partial charge in [0.2, 0.25) is 0 Å². The molecule has 0 aliphatic heterocycles. The second kappa shape index (κ2) is 6.33. The molecule has 0 spiro atoms. The predicted molar refractivity (Wildman–Crippen MR) is 80.9 cm³/mol. The smallest absolute Gasteiger partial charge is 0.128 e. The van der Waals surface area contributed by atoms with Gasteiger partial charge in [0.25, 0.3) is 0 Å². The molecular formula is C14H9Br2ClF2. The van der Waals surface area contributed by atoms with E-state index in [1.807, 2.05) is 0 Å². The lowest BCUT2D eigenvalue weighted by Crippen LogP contribution is -1.99. The van der Waals surface area contributed by atoms with Crippen LogP contribution in [0.3, 0.4) is 0 Å². The lowest BCUT2D eigenvalue weighted by atomic mass is 10.0. The van der Waals surface area contributed by atoms with Crippen LogP contribution in [0.4, 0.5) is 8.78 Å². The fourth-order valence-corrected chi connectivity index (χ4v) is 2.97. The van der Waals surface area contributed by atoms with Crippen molar-refractivity contribution < 1.29 is 8.78 Å². The summed E-state index contributed by atoms with van der Waals surface area (Å²) in [7, 11) is 0. The number of rotatable bonds is 3. The first-order chi connectivity index (χ1) is 8.97. The van der Waals surface area contributed by atoms with Crippen molar-refractivity contribution >= 4 is 43.5 Å². The molecule has 0 amide bonds. The third-order valence-corrected chi connectivity index (χ3v) is 4.70. The summed E-state index contributed by atoms with van der Waals surface area (Å²) in [5, 5.41) is 0.445. The summed E-state index contributed by atoms with van der Waals surface area (Å²) < 4.78 is 27.5. The van der Waals surface area contributed by atoms with E-state index < -0.39 is 0 Å². The molecule has 0 radical (unpaired) electrons.